The summed E-state index contributed by atoms with van der Waals surface area (Å²) in [6, 6.07) is 11.2. The molecule has 0 saturated carbocycles. The molecule has 0 bridgehead atoms. The van der Waals surface area contributed by atoms with Gasteiger partial charge in [0.15, 0.2) is 0 Å². The van der Waals surface area contributed by atoms with Crippen LogP contribution in [0.3, 0.4) is 0 Å². The Hall–Kier alpha value is -2.00. The summed E-state index contributed by atoms with van der Waals surface area (Å²) in [6.45, 7) is 4.04. The van der Waals surface area contributed by atoms with Crippen molar-refractivity contribution in [2.24, 2.45) is 0 Å². The molecule has 20 heavy (non-hydrogen) atoms. The van der Waals surface area contributed by atoms with Crippen LogP contribution in [0.5, 0.6) is 0 Å². The van der Waals surface area contributed by atoms with E-state index in [0.29, 0.717) is 22.9 Å². The van der Waals surface area contributed by atoms with Crippen molar-refractivity contribution < 1.29 is 9.53 Å². The molecule has 0 aromatic heterocycles. The van der Waals surface area contributed by atoms with Crippen molar-refractivity contribution in [3.63, 3.8) is 0 Å². The van der Waals surface area contributed by atoms with E-state index in [9.17, 15) is 4.79 Å². The van der Waals surface area contributed by atoms with Gasteiger partial charge in [-0.2, -0.15) is 0 Å². The molecule has 2 aromatic rings. The largest absolute Gasteiger partial charge is 0.462 e. The maximum atomic E-state index is 11.9. The van der Waals surface area contributed by atoms with E-state index in [-0.39, 0.29) is 0 Å². The minimum atomic E-state index is -0.457. The molecule has 0 atom stereocenters. The number of hydrogen-bond acceptors (Lipinski definition) is 3. The van der Waals surface area contributed by atoms with Gasteiger partial charge in [0.1, 0.15) is 0 Å². The highest BCUT2D eigenvalue weighted by Gasteiger charge is 2.16. The molecule has 0 amide bonds. The van der Waals surface area contributed by atoms with Crippen LogP contribution < -0.4 is 5.73 Å². The second-order valence-electron chi connectivity index (χ2n) is 4.50. The number of esters is 1. The molecule has 2 N–H and O–H groups in total. The van der Waals surface area contributed by atoms with E-state index in [1.54, 1.807) is 13.0 Å². The lowest BCUT2D eigenvalue weighted by Gasteiger charge is -2.12. The topological polar surface area (TPSA) is 52.3 Å². The Morgan fingerprint density at radius 2 is 2.05 bits per heavy atom. The lowest BCUT2D eigenvalue weighted by molar-refractivity contribution is 0.0527. The van der Waals surface area contributed by atoms with E-state index >= 15 is 0 Å². The number of hydrogen-bond donors (Lipinski definition) is 1. The normalized spacial score (nSPS) is 10.3. The highest BCUT2D eigenvalue weighted by atomic mass is 35.5. The minimum Gasteiger partial charge on any atom is -0.462 e. The third-order valence-electron chi connectivity index (χ3n) is 2.97. The van der Waals surface area contributed by atoms with Crippen LogP contribution in [0, 0.1) is 6.92 Å². The number of nitrogens with two attached hydrogens (primary N) is 1. The molecule has 4 heteroatoms. The van der Waals surface area contributed by atoms with Gasteiger partial charge in [0.25, 0.3) is 0 Å². The molecule has 0 unspecified atom stereocenters. The molecular weight excluding hydrogens is 274 g/mol. The SMILES string of the molecule is CCOC(=O)c1cc(Cl)cc(-c2cccc(C)c2)c1N. The third kappa shape index (κ3) is 2.94. The van der Waals surface area contributed by atoms with E-state index in [0.717, 1.165) is 16.7 Å². The van der Waals surface area contributed by atoms with Crippen molar-refractivity contribution in [2.75, 3.05) is 12.3 Å². The zero-order chi connectivity index (χ0) is 14.7. The fourth-order valence-corrected chi connectivity index (χ4v) is 2.27. The van der Waals surface area contributed by atoms with Gasteiger partial charge in [-0.25, -0.2) is 4.79 Å². The standard InChI is InChI=1S/C16H16ClNO2/c1-3-20-16(19)14-9-12(17)8-13(15(14)18)11-6-4-5-10(2)7-11/h4-9H,3,18H2,1-2H3. The second-order valence-corrected chi connectivity index (χ2v) is 4.94. The number of carbonyl (C=O) groups excluding carboxylic acids is 1. The summed E-state index contributed by atoms with van der Waals surface area (Å²) in [7, 11) is 0. The Balaban J connectivity index is 2.57. The van der Waals surface area contributed by atoms with Gasteiger partial charge in [-0.15, -0.1) is 0 Å². The molecule has 0 spiro atoms. The predicted octanol–water partition coefficient (Wildman–Crippen LogP) is 4.07. The molecule has 104 valence electrons. The maximum absolute atomic E-state index is 11.9. The minimum absolute atomic E-state index is 0.296. The van der Waals surface area contributed by atoms with Crippen LogP contribution in [0.4, 0.5) is 5.69 Å². The van der Waals surface area contributed by atoms with E-state index in [1.807, 2.05) is 31.2 Å². The number of nitrogen functional groups attached to an aromatic ring is 1. The molecule has 0 fully saturated rings. The smallest absolute Gasteiger partial charge is 0.340 e. The molecule has 0 aliphatic carbocycles. The summed E-state index contributed by atoms with van der Waals surface area (Å²) in [5.74, 6) is -0.457. The van der Waals surface area contributed by atoms with Crippen LogP contribution in [0.1, 0.15) is 22.8 Å². The lowest BCUT2D eigenvalue weighted by atomic mass is 9.99. The predicted molar refractivity (Wildman–Crippen MR) is 82.0 cm³/mol. The molecular formula is C16H16ClNO2. The maximum Gasteiger partial charge on any atom is 0.340 e. The average Bonchev–Trinajstić information content (AvgIpc) is 2.41. The summed E-state index contributed by atoms with van der Waals surface area (Å²) < 4.78 is 5.00. The zero-order valence-electron chi connectivity index (χ0n) is 11.4. The molecule has 2 rings (SSSR count). The van der Waals surface area contributed by atoms with Crippen LogP contribution >= 0.6 is 11.6 Å². The molecule has 0 radical (unpaired) electrons. The number of benzene rings is 2. The van der Waals surface area contributed by atoms with Crippen LogP contribution in [-0.4, -0.2) is 12.6 Å². The van der Waals surface area contributed by atoms with Crippen molar-refractivity contribution in [1.82, 2.24) is 0 Å². The van der Waals surface area contributed by atoms with Crippen molar-refractivity contribution in [2.45, 2.75) is 13.8 Å². The van der Waals surface area contributed by atoms with Gasteiger partial charge in [0.05, 0.1) is 17.9 Å². The van der Waals surface area contributed by atoms with Gasteiger partial charge in [0.2, 0.25) is 0 Å². The lowest BCUT2D eigenvalue weighted by Crippen LogP contribution is -2.09. The van der Waals surface area contributed by atoms with Crippen molar-refractivity contribution in [1.29, 1.82) is 0 Å². The molecule has 2 aromatic carbocycles. The van der Waals surface area contributed by atoms with Crippen molar-refractivity contribution >= 4 is 23.3 Å². The number of halogens is 1. The molecule has 0 saturated heterocycles. The van der Waals surface area contributed by atoms with E-state index < -0.39 is 5.97 Å². The molecule has 3 nitrogen and oxygen atoms in total. The van der Waals surface area contributed by atoms with Crippen LogP contribution in [-0.2, 0) is 4.74 Å². The van der Waals surface area contributed by atoms with Crippen LogP contribution in [0.15, 0.2) is 36.4 Å². The Morgan fingerprint density at radius 3 is 2.70 bits per heavy atom. The first kappa shape index (κ1) is 14.4. The van der Waals surface area contributed by atoms with E-state index in [1.165, 1.54) is 6.07 Å². The highest BCUT2D eigenvalue weighted by molar-refractivity contribution is 6.31. The quantitative estimate of drug-likeness (QED) is 0.684. The summed E-state index contributed by atoms with van der Waals surface area (Å²) in [5.41, 5.74) is 9.57. The molecule has 0 heterocycles. The number of aryl methyl sites for hydroxylation is 1. The Morgan fingerprint density at radius 1 is 1.30 bits per heavy atom. The second kappa shape index (κ2) is 5.97. The Labute approximate surface area is 123 Å². The van der Waals surface area contributed by atoms with E-state index in [2.05, 4.69) is 0 Å². The van der Waals surface area contributed by atoms with Crippen molar-refractivity contribution in [3.05, 3.63) is 52.5 Å². The van der Waals surface area contributed by atoms with Gasteiger partial charge >= 0.3 is 5.97 Å². The Bertz CT molecular complexity index is 653. The summed E-state index contributed by atoms with van der Waals surface area (Å²) in [4.78, 5) is 11.9. The number of ether oxygens (including phenoxy) is 1. The fraction of sp³-hybridized carbons (Fsp3) is 0.188. The van der Waals surface area contributed by atoms with E-state index in [4.69, 9.17) is 22.1 Å². The zero-order valence-corrected chi connectivity index (χ0v) is 12.2. The first-order valence-corrected chi connectivity index (χ1v) is 6.74. The first-order chi connectivity index (χ1) is 9.52. The van der Waals surface area contributed by atoms with Gasteiger partial charge < -0.3 is 10.5 Å². The fourth-order valence-electron chi connectivity index (χ4n) is 2.05. The summed E-state index contributed by atoms with van der Waals surface area (Å²) >= 11 is 6.09. The van der Waals surface area contributed by atoms with Crippen LogP contribution in [0.2, 0.25) is 5.02 Å². The molecule has 0 aliphatic heterocycles. The number of anilines is 1. The molecule has 0 aliphatic rings. The number of carbonyl (C=O) groups is 1. The van der Waals surface area contributed by atoms with Gasteiger partial charge in [-0.3, -0.25) is 0 Å². The summed E-state index contributed by atoms with van der Waals surface area (Å²) in [5, 5.41) is 0.457. The third-order valence-corrected chi connectivity index (χ3v) is 3.19. The highest BCUT2D eigenvalue weighted by Crippen LogP contribution is 2.33. The van der Waals surface area contributed by atoms with Crippen LogP contribution in [0.25, 0.3) is 11.1 Å². The first-order valence-electron chi connectivity index (χ1n) is 6.36. The van der Waals surface area contributed by atoms with Gasteiger partial charge in [0, 0.05) is 10.6 Å². The monoisotopic (exact) mass is 289 g/mol. The van der Waals surface area contributed by atoms with Gasteiger partial charge in [-0.1, -0.05) is 41.4 Å². The average molecular weight is 290 g/mol. The Kier molecular flexibility index (Phi) is 4.30. The summed E-state index contributed by atoms with van der Waals surface area (Å²) in [6.07, 6.45) is 0. The van der Waals surface area contributed by atoms with Crippen molar-refractivity contribution in [3.8, 4) is 11.1 Å². The number of rotatable bonds is 3. The van der Waals surface area contributed by atoms with Gasteiger partial charge in [-0.05, 0) is 31.5 Å².